The molecule has 0 N–H and O–H groups in total. The summed E-state index contributed by atoms with van der Waals surface area (Å²) in [5, 5.41) is 0. The lowest BCUT2D eigenvalue weighted by molar-refractivity contribution is -0.149. The van der Waals surface area contributed by atoms with E-state index in [1.165, 1.54) is 12.1 Å². The normalized spacial score (nSPS) is 19.1. The van der Waals surface area contributed by atoms with Gasteiger partial charge in [0.1, 0.15) is 11.6 Å². The van der Waals surface area contributed by atoms with Crippen molar-refractivity contribution in [3.8, 4) is 16.9 Å². The number of carbonyl (C=O) groups is 1. The number of halogens is 1. The molecule has 2 aromatic carbocycles. The molecule has 0 unspecified atom stereocenters. The molecule has 2 heterocycles. The van der Waals surface area contributed by atoms with Crippen molar-refractivity contribution in [1.29, 1.82) is 0 Å². The van der Waals surface area contributed by atoms with E-state index in [2.05, 4.69) is 24.1 Å². The predicted molar refractivity (Wildman–Crippen MR) is 132 cm³/mol. The lowest BCUT2D eigenvalue weighted by Crippen LogP contribution is -2.52. The van der Waals surface area contributed by atoms with Crippen molar-refractivity contribution in [3.63, 3.8) is 0 Å². The van der Waals surface area contributed by atoms with Crippen LogP contribution in [0, 0.1) is 11.2 Å². The zero-order chi connectivity index (χ0) is 24.1. The number of hydrogen-bond acceptors (Lipinski definition) is 4. The number of nitrogens with zero attached hydrogens (tertiary/aromatic N) is 2. The van der Waals surface area contributed by atoms with Crippen molar-refractivity contribution in [1.82, 2.24) is 9.80 Å². The number of likely N-dealkylation sites (tertiary alicyclic amines) is 1. The molecule has 0 saturated carbocycles. The summed E-state index contributed by atoms with van der Waals surface area (Å²) in [4.78, 5) is 18.2. The van der Waals surface area contributed by atoms with Gasteiger partial charge in [0.25, 0.3) is 0 Å². The maximum Gasteiger partial charge on any atom is 0.229 e. The highest BCUT2D eigenvalue weighted by atomic mass is 19.1. The van der Waals surface area contributed by atoms with Gasteiger partial charge in [0.05, 0.1) is 12.0 Å². The Balaban J connectivity index is 1.54. The second-order valence-electron chi connectivity index (χ2n) is 9.79. The Morgan fingerprint density at radius 1 is 1.15 bits per heavy atom. The zero-order valence-corrected chi connectivity index (χ0v) is 20.7. The van der Waals surface area contributed by atoms with Gasteiger partial charge < -0.3 is 19.3 Å². The maximum absolute atomic E-state index is 13.9. The Morgan fingerprint density at radius 2 is 1.82 bits per heavy atom. The maximum atomic E-state index is 13.9. The SMILES string of the molecule is CCOc1ccc(F)cc1-c1ccc(CC2(C(=O)N(C)C3CCN(C)CC3)CCOCC2)cc1. The van der Waals surface area contributed by atoms with Crippen molar-refractivity contribution >= 4 is 5.91 Å². The minimum Gasteiger partial charge on any atom is -0.493 e. The highest BCUT2D eigenvalue weighted by molar-refractivity contribution is 5.83. The molecule has 184 valence electrons. The van der Waals surface area contributed by atoms with Crippen molar-refractivity contribution in [2.24, 2.45) is 5.41 Å². The number of rotatable bonds is 7. The molecule has 0 atom stereocenters. The van der Waals surface area contributed by atoms with Crippen molar-refractivity contribution in [3.05, 3.63) is 53.8 Å². The highest BCUT2D eigenvalue weighted by Gasteiger charge is 2.43. The van der Waals surface area contributed by atoms with Gasteiger partial charge in [0, 0.05) is 31.9 Å². The second kappa shape index (κ2) is 10.9. The summed E-state index contributed by atoms with van der Waals surface area (Å²) in [6, 6.07) is 13.1. The van der Waals surface area contributed by atoms with E-state index in [0.717, 1.165) is 55.5 Å². The first kappa shape index (κ1) is 24.7. The van der Waals surface area contributed by atoms with Crippen LogP contribution in [-0.2, 0) is 16.0 Å². The van der Waals surface area contributed by atoms with E-state index < -0.39 is 5.41 Å². The summed E-state index contributed by atoms with van der Waals surface area (Å²) in [5.41, 5.74) is 2.33. The number of benzene rings is 2. The van der Waals surface area contributed by atoms with Gasteiger partial charge in [-0.1, -0.05) is 24.3 Å². The predicted octanol–water partition coefficient (Wildman–Crippen LogP) is 4.78. The lowest BCUT2D eigenvalue weighted by Gasteiger charge is -2.43. The molecule has 2 aromatic rings. The van der Waals surface area contributed by atoms with Crippen molar-refractivity contribution < 1.29 is 18.7 Å². The minimum atomic E-state index is -0.437. The first-order chi connectivity index (χ1) is 16.4. The van der Waals surface area contributed by atoms with E-state index in [9.17, 15) is 9.18 Å². The standard InChI is InChI=1S/C28H37FN2O3/c1-4-34-26-10-9-23(29)19-25(26)22-7-5-21(6-8-22)20-28(13-17-33-18-14-28)27(32)31(3)24-11-15-30(2)16-12-24/h5-10,19,24H,4,11-18,20H2,1-3H3. The van der Waals surface area contributed by atoms with E-state index in [0.29, 0.717) is 38.0 Å². The molecule has 1 amide bonds. The summed E-state index contributed by atoms with van der Waals surface area (Å²) in [6.45, 7) is 5.74. The number of hydrogen-bond donors (Lipinski definition) is 0. The molecular weight excluding hydrogens is 431 g/mol. The molecule has 0 radical (unpaired) electrons. The molecule has 2 fully saturated rings. The molecule has 5 nitrogen and oxygen atoms in total. The summed E-state index contributed by atoms with van der Waals surface area (Å²) in [7, 11) is 4.13. The van der Waals surface area contributed by atoms with Crippen LogP contribution < -0.4 is 4.74 Å². The van der Waals surface area contributed by atoms with Crippen LogP contribution in [0.15, 0.2) is 42.5 Å². The molecule has 2 aliphatic rings. The van der Waals surface area contributed by atoms with E-state index >= 15 is 0 Å². The van der Waals surface area contributed by atoms with Gasteiger partial charge in [0.15, 0.2) is 0 Å². The van der Waals surface area contributed by atoms with Crippen LogP contribution in [-0.4, -0.2) is 68.8 Å². The van der Waals surface area contributed by atoms with Crippen LogP contribution in [0.25, 0.3) is 11.1 Å². The first-order valence-corrected chi connectivity index (χ1v) is 12.5. The monoisotopic (exact) mass is 468 g/mol. The van der Waals surface area contributed by atoms with Gasteiger partial charge in [-0.2, -0.15) is 0 Å². The van der Waals surface area contributed by atoms with Gasteiger partial charge in [-0.15, -0.1) is 0 Å². The third-order valence-corrected chi connectivity index (χ3v) is 7.51. The number of amides is 1. The smallest absolute Gasteiger partial charge is 0.229 e. The highest BCUT2D eigenvalue weighted by Crippen LogP contribution is 2.38. The van der Waals surface area contributed by atoms with Crippen molar-refractivity contribution in [2.75, 3.05) is 47.0 Å². The molecule has 0 aromatic heterocycles. The molecule has 0 spiro atoms. The summed E-state index contributed by atoms with van der Waals surface area (Å²) in [5.74, 6) is 0.636. The Morgan fingerprint density at radius 3 is 2.47 bits per heavy atom. The zero-order valence-electron chi connectivity index (χ0n) is 20.7. The topological polar surface area (TPSA) is 42.0 Å². The number of ether oxygens (including phenoxy) is 2. The number of piperidine rings is 1. The fourth-order valence-corrected chi connectivity index (χ4v) is 5.35. The molecule has 34 heavy (non-hydrogen) atoms. The third kappa shape index (κ3) is 5.44. The fourth-order valence-electron chi connectivity index (χ4n) is 5.35. The third-order valence-electron chi connectivity index (χ3n) is 7.51. The summed E-state index contributed by atoms with van der Waals surface area (Å²) in [6.07, 6.45) is 4.21. The van der Waals surface area contributed by atoms with Crippen LogP contribution >= 0.6 is 0 Å². The van der Waals surface area contributed by atoms with Crippen molar-refractivity contribution in [2.45, 2.75) is 45.1 Å². The Hall–Kier alpha value is -2.44. The van der Waals surface area contributed by atoms with Gasteiger partial charge in [-0.05, 0) is 88.5 Å². The molecule has 0 bridgehead atoms. The minimum absolute atomic E-state index is 0.248. The molecule has 2 saturated heterocycles. The van der Waals surface area contributed by atoms with Crippen LogP contribution in [0.3, 0.4) is 0 Å². The van der Waals surface area contributed by atoms with Gasteiger partial charge in [0.2, 0.25) is 5.91 Å². The quantitative estimate of drug-likeness (QED) is 0.586. The summed E-state index contributed by atoms with van der Waals surface area (Å²) < 4.78 is 25.3. The molecule has 2 aliphatic heterocycles. The van der Waals surface area contributed by atoms with Crippen LogP contribution in [0.1, 0.15) is 38.2 Å². The summed E-state index contributed by atoms with van der Waals surface area (Å²) >= 11 is 0. The van der Waals surface area contributed by atoms with Gasteiger partial charge in [-0.3, -0.25) is 4.79 Å². The Bertz CT molecular complexity index is 964. The number of carbonyl (C=O) groups excluding carboxylic acids is 1. The van der Waals surface area contributed by atoms with Gasteiger partial charge in [-0.25, -0.2) is 4.39 Å². The Kier molecular flexibility index (Phi) is 7.89. The van der Waals surface area contributed by atoms with Gasteiger partial charge >= 0.3 is 0 Å². The van der Waals surface area contributed by atoms with Crippen LogP contribution in [0.5, 0.6) is 5.75 Å². The molecule has 6 heteroatoms. The van der Waals surface area contributed by atoms with E-state index in [1.807, 2.05) is 31.0 Å². The average Bonchev–Trinajstić information content (AvgIpc) is 2.86. The fraction of sp³-hybridized carbons (Fsp3) is 0.536. The van der Waals surface area contributed by atoms with E-state index in [-0.39, 0.29) is 11.7 Å². The van der Waals surface area contributed by atoms with E-state index in [4.69, 9.17) is 9.47 Å². The molecule has 0 aliphatic carbocycles. The lowest BCUT2D eigenvalue weighted by atomic mass is 9.73. The van der Waals surface area contributed by atoms with E-state index in [1.54, 1.807) is 6.07 Å². The largest absolute Gasteiger partial charge is 0.493 e. The van der Waals surface area contributed by atoms with Crippen LogP contribution in [0.2, 0.25) is 0 Å². The molecular formula is C28H37FN2O3. The molecule has 4 rings (SSSR count). The second-order valence-corrected chi connectivity index (χ2v) is 9.79. The van der Waals surface area contributed by atoms with Crippen LogP contribution in [0.4, 0.5) is 4.39 Å². The first-order valence-electron chi connectivity index (χ1n) is 12.5. The average molecular weight is 469 g/mol. The Labute approximate surface area is 202 Å².